The highest BCUT2D eigenvalue weighted by molar-refractivity contribution is 8.29. The molecule has 1 rings (SSSR count). The Morgan fingerprint density at radius 1 is 1.29 bits per heavy atom. The third kappa shape index (κ3) is 2.75. The van der Waals surface area contributed by atoms with E-state index in [4.69, 9.17) is 4.18 Å². The molecule has 1 N–H and O–H groups in total. The normalized spacial score (nSPS) is 29.6. The van der Waals surface area contributed by atoms with Gasteiger partial charge in [-0.2, -0.15) is 0 Å². The van der Waals surface area contributed by atoms with E-state index in [1.807, 2.05) is 12.2 Å². The number of hydrogen-bond donors (Lipinski definition) is 1. The molecule has 2 atom stereocenters. The van der Waals surface area contributed by atoms with E-state index < -0.39 is 10.3 Å². The quantitative estimate of drug-likeness (QED) is 0.722. The minimum Gasteiger partial charge on any atom is -0.389 e. The Labute approximate surface area is 88.9 Å². The summed E-state index contributed by atoms with van der Waals surface area (Å²) in [5.74, 6) is 0. The van der Waals surface area contributed by atoms with Crippen molar-refractivity contribution in [3.8, 4) is 0 Å². The van der Waals surface area contributed by atoms with Crippen LogP contribution in [0.15, 0.2) is 12.2 Å². The number of rotatable bonds is 2. The van der Waals surface area contributed by atoms with Crippen molar-refractivity contribution in [2.24, 2.45) is 0 Å². The lowest BCUT2D eigenvalue weighted by molar-refractivity contribution is 0.174. The van der Waals surface area contributed by atoms with E-state index in [0.29, 0.717) is 6.42 Å². The Morgan fingerprint density at radius 3 is 2.21 bits per heavy atom. The van der Waals surface area contributed by atoms with E-state index in [-0.39, 0.29) is 17.0 Å². The highest BCUT2D eigenvalue weighted by atomic mass is 32.3. The van der Waals surface area contributed by atoms with Gasteiger partial charge >= 0.3 is 0 Å². The summed E-state index contributed by atoms with van der Waals surface area (Å²) in [5, 5.41) is 9.34. The maximum absolute atomic E-state index is 9.34. The van der Waals surface area contributed by atoms with Crippen LogP contribution in [0.2, 0.25) is 0 Å². The molecule has 0 bridgehead atoms. The molecule has 0 unspecified atom stereocenters. The second kappa shape index (κ2) is 3.87. The van der Waals surface area contributed by atoms with Crippen molar-refractivity contribution >= 4 is 10.3 Å². The van der Waals surface area contributed by atoms with Gasteiger partial charge in [-0.25, -0.2) is 0 Å². The summed E-state index contributed by atoms with van der Waals surface area (Å²) in [7, 11) is -1.07. The summed E-state index contributed by atoms with van der Waals surface area (Å²) in [6.07, 6.45) is 8.68. The number of aliphatic hydroxyl groups is 1. The molecule has 0 amide bonds. The SMILES string of the molecule is CC(C)(C)S(C)(C)O[C@H]1C=C[C@@H](O)C1. The van der Waals surface area contributed by atoms with Crippen molar-refractivity contribution in [3.05, 3.63) is 12.2 Å². The van der Waals surface area contributed by atoms with Crippen molar-refractivity contribution in [2.45, 2.75) is 44.1 Å². The monoisotopic (exact) mass is 218 g/mol. The number of aliphatic hydroxyl groups excluding tert-OH is 1. The maximum atomic E-state index is 9.34. The predicted octanol–water partition coefficient (Wildman–Crippen LogP) is 2.47. The van der Waals surface area contributed by atoms with E-state index in [9.17, 15) is 5.11 Å². The lowest BCUT2D eigenvalue weighted by atomic mass is 10.3. The largest absolute Gasteiger partial charge is 0.389 e. The fourth-order valence-corrected chi connectivity index (χ4v) is 2.22. The van der Waals surface area contributed by atoms with Crippen LogP contribution >= 0.6 is 10.3 Å². The third-order valence-electron chi connectivity index (χ3n) is 2.86. The van der Waals surface area contributed by atoms with E-state index in [0.717, 1.165) is 0 Å². The lowest BCUT2D eigenvalue weighted by Crippen LogP contribution is -2.28. The molecule has 1 aliphatic carbocycles. The van der Waals surface area contributed by atoms with Crippen molar-refractivity contribution in [1.82, 2.24) is 0 Å². The molecule has 14 heavy (non-hydrogen) atoms. The lowest BCUT2D eigenvalue weighted by Gasteiger charge is -2.45. The Bertz CT molecular complexity index is 228. The molecule has 0 spiro atoms. The molecule has 0 heterocycles. The van der Waals surface area contributed by atoms with Gasteiger partial charge in [0, 0.05) is 11.2 Å². The summed E-state index contributed by atoms with van der Waals surface area (Å²) < 4.78 is 6.26. The van der Waals surface area contributed by atoms with Crippen molar-refractivity contribution < 1.29 is 9.29 Å². The van der Waals surface area contributed by atoms with E-state index in [1.54, 1.807) is 0 Å². The molecule has 0 aromatic carbocycles. The van der Waals surface area contributed by atoms with Gasteiger partial charge in [0.15, 0.2) is 0 Å². The molecule has 0 aliphatic heterocycles. The predicted molar refractivity (Wildman–Crippen MR) is 63.8 cm³/mol. The highest BCUT2D eigenvalue weighted by Crippen LogP contribution is 2.55. The first kappa shape index (κ1) is 12.1. The molecular formula is C11H22O2S. The van der Waals surface area contributed by atoms with Crippen LogP contribution < -0.4 is 0 Å². The zero-order valence-corrected chi connectivity index (χ0v) is 10.6. The minimum absolute atomic E-state index is 0.106. The molecule has 0 radical (unpaired) electrons. The standard InChI is InChI=1S/C11H22O2S/c1-11(2,3)14(4,5)13-10-7-6-9(12)8-10/h6-7,9-10,12H,8H2,1-5H3/t9-,10+/m1/s1. The Balaban J connectivity index is 2.56. The second-order valence-electron chi connectivity index (χ2n) is 5.17. The molecule has 3 heteroatoms. The maximum Gasteiger partial charge on any atom is 0.0910 e. The summed E-state index contributed by atoms with van der Waals surface area (Å²) in [6.45, 7) is 6.62. The highest BCUT2D eigenvalue weighted by Gasteiger charge is 2.32. The molecule has 0 aromatic heterocycles. The van der Waals surface area contributed by atoms with Gasteiger partial charge in [0.2, 0.25) is 0 Å². The van der Waals surface area contributed by atoms with Crippen LogP contribution in [0.4, 0.5) is 0 Å². The third-order valence-corrected chi connectivity index (χ3v) is 6.54. The summed E-state index contributed by atoms with van der Waals surface area (Å²) >= 11 is 0. The minimum atomic E-state index is -1.07. The summed E-state index contributed by atoms with van der Waals surface area (Å²) in [6, 6.07) is 0. The topological polar surface area (TPSA) is 29.5 Å². The molecular weight excluding hydrogens is 196 g/mol. The zero-order valence-electron chi connectivity index (χ0n) is 9.78. The molecule has 2 nitrogen and oxygen atoms in total. The van der Waals surface area contributed by atoms with Gasteiger partial charge in [-0.05, 0) is 12.5 Å². The van der Waals surface area contributed by atoms with Crippen LogP contribution in [0.3, 0.4) is 0 Å². The first-order valence-electron chi connectivity index (χ1n) is 5.00. The van der Waals surface area contributed by atoms with Crippen LogP contribution in [0.25, 0.3) is 0 Å². The first-order valence-corrected chi connectivity index (χ1v) is 7.37. The van der Waals surface area contributed by atoms with Crippen LogP contribution in [0, 0.1) is 0 Å². The van der Waals surface area contributed by atoms with E-state index in [2.05, 4.69) is 33.3 Å². The fourth-order valence-electron chi connectivity index (χ4n) is 1.17. The zero-order chi connectivity index (χ0) is 11.0. The van der Waals surface area contributed by atoms with Crippen LogP contribution in [-0.4, -0.2) is 34.6 Å². The summed E-state index contributed by atoms with van der Waals surface area (Å²) in [4.78, 5) is 0. The molecule has 0 saturated carbocycles. The van der Waals surface area contributed by atoms with Gasteiger partial charge in [-0.15, -0.1) is 10.3 Å². The van der Waals surface area contributed by atoms with Gasteiger partial charge in [0.25, 0.3) is 0 Å². The van der Waals surface area contributed by atoms with E-state index in [1.165, 1.54) is 0 Å². The van der Waals surface area contributed by atoms with Crippen molar-refractivity contribution in [3.63, 3.8) is 0 Å². The van der Waals surface area contributed by atoms with Gasteiger partial charge in [0.05, 0.1) is 12.2 Å². The van der Waals surface area contributed by atoms with Crippen molar-refractivity contribution in [2.75, 3.05) is 12.5 Å². The van der Waals surface area contributed by atoms with Gasteiger partial charge in [-0.3, -0.25) is 0 Å². The van der Waals surface area contributed by atoms with Crippen LogP contribution in [0.1, 0.15) is 27.2 Å². The molecule has 0 aromatic rings. The number of hydrogen-bond acceptors (Lipinski definition) is 2. The van der Waals surface area contributed by atoms with Gasteiger partial charge < -0.3 is 9.29 Å². The van der Waals surface area contributed by atoms with Crippen molar-refractivity contribution in [1.29, 1.82) is 0 Å². The average molecular weight is 218 g/mol. The molecule has 1 aliphatic rings. The van der Waals surface area contributed by atoms with Crippen LogP contribution in [-0.2, 0) is 4.18 Å². The van der Waals surface area contributed by atoms with Gasteiger partial charge in [0.1, 0.15) is 0 Å². The average Bonchev–Trinajstić information content (AvgIpc) is 2.31. The fraction of sp³-hybridized carbons (Fsp3) is 0.818. The van der Waals surface area contributed by atoms with E-state index >= 15 is 0 Å². The smallest absolute Gasteiger partial charge is 0.0910 e. The van der Waals surface area contributed by atoms with Crippen LogP contribution in [0.5, 0.6) is 0 Å². The molecule has 0 saturated heterocycles. The van der Waals surface area contributed by atoms with Gasteiger partial charge in [-0.1, -0.05) is 32.9 Å². The Kier molecular flexibility index (Phi) is 3.34. The second-order valence-corrected chi connectivity index (χ2v) is 9.05. The Morgan fingerprint density at radius 2 is 1.86 bits per heavy atom. The first-order chi connectivity index (χ1) is 6.22. The Hall–Kier alpha value is 0.01000. The summed E-state index contributed by atoms with van der Waals surface area (Å²) in [5.41, 5.74) is 0. The molecule has 0 fully saturated rings. The molecule has 84 valence electrons.